The molecule has 11 heteroatoms. The number of carboxylic acids is 1. The molecule has 0 radical (unpaired) electrons. The molecule has 9 nitrogen and oxygen atoms in total. The summed E-state index contributed by atoms with van der Waals surface area (Å²) in [5, 5.41) is 22.6. The van der Waals surface area contributed by atoms with E-state index < -0.39 is 12.1 Å². The monoisotopic (exact) mass is 524 g/mol. The van der Waals surface area contributed by atoms with Gasteiger partial charge in [-0.2, -0.15) is 0 Å². The summed E-state index contributed by atoms with van der Waals surface area (Å²) in [4.78, 5) is 43.5. The van der Waals surface area contributed by atoms with Crippen molar-refractivity contribution < 1.29 is 19.8 Å². The second-order valence-corrected chi connectivity index (χ2v) is 9.88. The van der Waals surface area contributed by atoms with Crippen LogP contribution in [-0.2, 0) is 9.59 Å². The molecule has 1 aliphatic heterocycles. The summed E-state index contributed by atoms with van der Waals surface area (Å²) in [5.41, 5.74) is 1.73. The van der Waals surface area contributed by atoms with Crippen LogP contribution in [0.1, 0.15) is 35.6 Å². The molecule has 3 heterocycles. The lowest BCUT2D eigenvalue weighted by atomic mass is 10.1. The number of fused-ring (bicyclic) bond motifs is 1. The van der Waals surface area contributed by atoms with E-state index >= 15 is 0 Å². The maximum absolute atomic E-state index is 13.5. The SMILES string of the molecule is Cc1cccn2c(=O)c(/C=C3\SC(=S)N(CCCC(=O)O)C3=O)c(NCC(O)c3ccccc3)nc12. The van der Waals surface area contributed by atoms with E-state index in [4.69, 9.17) is 17.3 Å². The summed E-state index contributed by atoms with van der Waals surface area (Å²) < 4.78 is 1.71. The van der Waals surface area contributed by atoms with E-state index in [1.165, 1.54) is 15.4 Å². The quantitative estimate of drug-likeness (QED) is 0.286. The number of aryl methyl sites for hydroxylation is 1. The Labute approximate surface area is 216 Å². The van der Waals surface area contributed by atoms with E-state index in [2.05, 4.69) is 10.3 Å². The van der Waals surface area contributed by atoms with Crippen LogP contribution >= 0.6 is 24.0 Å². The van der Waals surface area contributed by atoms with Gasteiger partial charge in [0.1, 0.15) is 15.8 Å². The van der Waals surface area contributed by atoms with Gasteiger partial charge in [0.25, 0.3) is 11.5 Å². The third-order valence-corrected chi connectivity index (χ3v) is 7.03. The first-order valence-electron chi connectivity index (χ1n) is 11.2. The van der Waals surface area contributed by atoms with Gasteiger partial charge in [0.15, 0.2) is 0 Å². The molecule has 2 aromatic heterocycles. The number of benzene rings is 1. The van der Waals surface area contributed by atoms with Gasteiger partial charge in [-0.3, -0.25) is 23.7 Å². The number of pyridine rings is 1. The van der Waals surface area contributed by atoms with E-state index in [0.29, 0.717) is 15.5 Å². The Kier molecular flexibility index (Phi) is 7.82. The van der Waals surface area contributed by atoms with Gasteiger partial charge in [0, 0.05) is 25.7 Å². The molecular formula is C25H24N4O5S2. The lowest BCUT2D eigenvalue weighted by Crippen LogP contribution is -2.29. The number of hydrogen-bond acceptors (Lipinski definition) is 8. The number of nitrogens with one attached hydrogen (secondary N) is 1. The molecule has 36 heavy (non-hydrogen) atoms. The Hall–Kier alpha value is -3.54. The molecule has 1 amide bonds. The minimum atomic E-state index is -0.949. The highest BCUT2D eigenvalue weighted by Crippen LogP contribution is 2.33. The summed E-state index contributed by atoms with van der Waals surface area (Å²) in [6, 6.07) is 12.7. The number of thiocarbonyl (C=S) groups is 1. The highest BCUT2D eigenvalue weighted by atomic mass is 32.2. The zero-order chi connectivity index (χ0) is 25.8. The van der Waals surface area contributed by atoms with Crippen LogP contribution in [0.5, 0.6) is 0 Å². The molecule has 0 aliphatic carbocycles. The Morgan fingerprint density at radius 3 is 2.69 bits per heavy atom. The number of nitrogens with zero attached hydrogens (tertiary/aromatic N) is 3. The van der Waals surface area contributed by atoms with Gasteiger partial charge in [0.05, 0.1) is 16.6 Å². The molecule has 1 unspecified atom stereocenters. The Morgan fingerprint density at radius 2 is 1.97 bits per heavy atom. The predicted octanol–water partition coefficient (Wildman–Crippen LogP) is 3.21. The summed E-state index contributed by atoms with van der Waals surface area (Å²) in [5.74, 6) is -1.10. The molecule has 1 atom stereocenters. The first-order valence-corrected chi connectivity index (χ1v) is 12.4. The van der Waals surface area contributed by atoms with Gasteiger partial charge >= 0.3 is 5.97 Å². The second-order valence-electron chi connectivity index (χ2n) is 8.20. The Balaban J connectivity index is 1.69. The van der Waals surface area contributed by atoms with Gasteiger partial charge in [-0.1, -0.05) is 60.4 Å². The first kappa shape index (κ1) is 25.5. The molecule has 186 valence electrons. The Morgan fingerprint density at radius 1 is 1.22 bits per heavy atom. The number of rotatable bonds is 9. The van der Waals surface area contributed by atoms with Crippen molar-refractivity contribution in [1.82, 2.24) is 14.3 Å². The van der Waals surface area contributed by atoms with Crippen molar-refractivity contribution in [3.8, 4) is 0 Å². The first-order chi connectivity index (χ1) is 17.3. The molecule has 3 aromatic rings. The van der Waals surface area contributed by atoms with Crippen LogP contribution in [0.2, 0.25) is 0 Å². The van der Waals surface area contributed by atoms with Crippen molar-refractivity contribution >= 4 is 57.7 Å². The number of carbonyl (C=O) groups is 2. The highest BCUT2D eigenvalue weighted by molar-refractivity contribution is 8.26. The second kappa shape index (κ2) is 11.0. The van der Waals surface area contributed by atoms with Gasteiger partial charge in [-0.25, -0.2) is 4.98 Å². The fraction of sp³-hybridized carbons (Fsp3) is 0.240. The van der Waals surface area contributed by atoms with Crippen LogP contribution in [0.4, 0.5) is 5.82 Å². The van der Waals surface area contributed by atoms with E-state index in [1.54, 1.807) is 24.4 Å². The molecule has 0 bridgehead atoms. The zero-order valence-electron chi connectivity index (χ0n) is 19.4. The maximum Gasteiger partial charge on any atom is 0.303 e. The van der Waals surface area contributed by atoms with Crippen molar-refractivity contribution in [3.63, 3.8) is 0 Å². The third kappa shape index (κ3) is 5.48. The average molecular weight is 525 g/mol. The minimum absolute atomic E-state index is 0.0801. The molecule has 1 fully saturated rings. The van der Waals surface area contributed by atoms with E-state index in [-0.39, 0.29) is 53.7 Å². The van der Waals surface area contributed by atoms with Crippen LogP contribution in [0.15, 0.2) is 58.4 Å². The fourth-order valence-corrected chi connectivity index (χ4v) is 5.07. The number of aliphatic hydroxyl groups is 1. The molecule has 4 rings (SSSR count). The predicted molar refractivity (Wildman–Crippen MR) is 143 cm³/mol. The van der Waals surface area contributed by atoms with Gasteiger partial charge in [0.2, 0.25) is 0 Å². The number of amides is 1. The smallest absolute Gasteiger partial charge is 0.303 e. The van der Waals surface area contributed by atoms with E-state index in [9.17, 15) is 19.5 Å². The van der Waals surface area contributed by atoms with E-state index in [0.717, 1.165) is 17.3 Å². The molecule has 3 N–H and O–H groups in total. The number of hydrogen-bond donors (Lipinski definition) is 3. The normalized spacial score (nSPS) is 15.6. The maximum atomic E-state index is 13.5. The van der Waals surface area contributed by atoms with Crippen molar-refractivity contribution in [2.24, 2.45) is 0 Å². The number of aromatic nitrogens is 2. The van der Waals surface area contributed by atoms with Crippen LogP contribution in [0.25, 0.3) is 11.7 Å². The molecule has 1 aromatic carbocycles. The summed E-state index contributed by atoms with van der Waals surface area (Å²) in [7, 11) is 0. The van der Waals surface area contributed by atoms with Crippen LogP contribution in [0.3, 0.4) is 0 Å². The van der Waals surface area contributed by atoms with E-state index in [1.807, 2.05) is 31.2 Å². The lowest BCUT2D eigenvalue weighted by Gasteiger charge is -2.15. The summed E-state index contributed by atoms with van der Waals surface area (Å²) in [6.45, 7) is 2.11. The van der Waals surface area contributed by atoms with Crippen LogP contribution in [0, 0.1) is 6.92 Å². The summed E-state index contributed by atoms with van der Waals surface area (Å²) >= 11 is 6.37. The number of anilines is 1. The topological polar surface area (TPSA) is 124 Å². The molecule has 0 saturated carbocycles. The zero-order valence-corrected chi connectivity index (χ0v) is 21.0. The third-order valence-electron chi connectivity index (χ3n) is 5.65. The van der Waals surface area contributed by atoms with Gasteiger partial charge in [-0.05, 0) is 36.6 Å². The van der Waals surface area contributed by atoms with Gasteiger partial charge in [-0.15, -0.1) is 0 Å². The van der Waals surface area contributed by atoms with Crippen molar-refractivity contribution in [3.05, 3.63) is 80.6 Å². The van der Waals surface area contributed by atoms with Gasteiger partial charge < -0.3 is 15.5 Å². The molecule has 1 aliphatic rings. The minimum Gasteiger partial charge on any atom is -0.481 e. The number of carboxylic acid groups (broad SMARTS) is 1. The lowest BCUT2D eigenvalue weighted by molar-refractivity contribution is -0.137. The standard InChI is InChI=1S/C25H24N4O5S2/c1-15-7-5-11-28-22(15)27-21(26-14-18(30)16-8-3-2-4-9-16)17(23(28)33)13-19-24(34)29(25(35)36-19)12-6-10-20(31)32/h2-5,7-9,11,13,18,26,30H,6,10,12,14H2,1H3,(H,31,32)/b19-13-. The number of aliphatic hydroxyl groups excluding tert-OH is 1. The molecule has 1 saturated heterocycles. The fourth-order valence-electron chi connectivity index (χ4n) is 3.78. The van der Waals surface area contributed by atoms with Crippen LogP contribution in [-0.4, -0.2) is 53.8 Å². The molecule has 0 spiro atoms. The number of aliphatic carboxylic acids is 1. The van der Waals surface area contributed by atoms with Crippen LogP contribution < -0.4 is 10.9 Å². The highest BCUT2D eigenvalue weighted by Gasteiger charge is 2.32. The van der Waals surface area contributed by atoms with Crippen molar-refractivity contribution in [2.45, 2.75) is 25.9 Å². The van der Waals surface area contributed by atoms with Crippen molar-refractivity contribution in [1.29, 1.82) is 0 Å². The average Bonchev–Trinajstić information content (AvgIpc) is 3.12. The number of carbonyl (C=O) groups excluding carboxylic acids is 1. The largest absolute Gasteiger partial charge is 0.481 e. The Bertz CT molecular complexity index is 1420. The summed E-state index contributed by atoms with van der Waals surface area (Å²) in [6.07, 6.45) is 2.40. The molecular weight excluding hydrogens is 500 g/mol. The van der Waals surface area contributed by atoms with Crippen molar-refractivity contribution in [2.75, 3.05) is 18.4 Å². The number of thioether (sulfide) groups is 1.